The minimum atomic E-state index is -1.12. The Bertz CT molecular complexity index is 230. The van der Waals surface area contributed by atoms with Crippen LogP contribution in [0.15, 0.2) is 0 Å². The molecule has 0 aromatic carbocycles. The van der Waals surface area contributed by atoms with Gasteiger partial charge in [-0.25, -0.2) is 0 Å². The molecule has 4 atom stereocenters. The SMILES string of the molecule is O=C(O)C1CC(Cl)C(Cl)CC1C(=O)O. The number of rotatable bonds is 2. The van der Waals surface area contributed by atoms with Crippen LogP contribution in [-0.4, -0.2) is 32.9 Å². The molecule has 6 heteroatoms. The van der Waals surface area contributed by atoms with Crippen molar-refractivity contribution in [3.63, 3.8) is 0 Å². The summed E-state index contributed by atoms with van der Waals surface area (Å²) in [6.07, 6.45) is 0.226. The number of hydrogen-bond donors (Lipinski definition) is 2. The summed E-state index contributed by atoms with van der Waals surface area (Å²) in [5.74, 6) is -4.09. The molecule has 0 aromatic rings. The van der Waals surface area contributed by atoms with Crippen LogP contribution in [0.25, 0.3) is 0 Å². The first kappa shape index (κ1) is 11.6. The predicted molar refractivity (Wildman–Crippen MR) is 50.8 cm³/mol. The molecular formula is C8H10Cl2O4. The van der Waals surface area contributed by atoms with Crippen molar-refractivity contribution in [2.75, 3.05) is 0 Å². The van der Waals surface area contributed by atoms with E-state index in [1.165, 1.54) is 0 Å². The average Bonchev–Trinajstić information content (AvgIpc) is 2.08. The molecule has 80 valence electrons. The van der Waals surface area contributed by atoms with E-state index in [0.717, 1.165) is 0 Å². The van der Waals surface area contributed by atoms with E-state index in [1.807, 2.05) is 0 Å². The smallest absolute Gasteiger partial charge is 0.307 e. The van der Waals surface area contributed by atoms with Gasteiger partial charge >= 0.3 is 11.9 Å². The maximum absolute atomic E-state index is 10.8. The molecule has 1 aliphatic rings. The summed E-state index contributed by atoms with van der Waals surface area (Å²) in [6.45, 7) is 0. The highest BCUT2D eigenvalue weighted by Crippen LogP contribution is 2.36. The van der Waals surface area contributed by atoms with Gasteiger partial charge in [0.1, 0.15) is 0 Å². The second-order valence-corrected chi connectivity index (χ2v) is 4.51. The van der Waals surface area contributed by atoms with Gasteiger partial charge in [0.05, 0.1) is 22.6 Å². The predicted octanol–water partition coefficient (Wildman–Crippen LogP) is 1.40. The normalized spacial score (nSPS) is 37.9. The second-order valence-electron chi connectivity index (χ2n) is 3.39. The lowest BCUT2D eigenvalue weighted by molar-refractivity contribution is -0.155. The van der Waals surface area contributed by atoms with Gasteiger partial charge in [-0.2, -0.15) is 0 Å². The van der Waals surface area contributed by atoms with Crippen molar-refractivity contribution in [1.82, 2.24) is 0 Å². The van der Waals surface area contributed by atoms with Crippen LogP contribution in [0.4, 0.5) is 0 Å². The first-order chi connectivity index (χ1) is 6.43. The minimum absolute atomic E-state index is 0.113. The summed E-state index contributed by atoms with van der Waals surface area (Å²) in [5, 5.41) is 16.7. The molecule has 0 spiro atoms. The number of carboxylic acids is 2. The van der Waals surface area contributed by atoms with Gasteiger partial charge < -0.3 is 10.2 Å². The largest absolute Gasteiger partial charge is 0.481 e. The van der Waals surface area contributed by atoms with E-state index < -0.39 is 34.5 Å². The first-order valence-corrected chi connectivity index (χ1v) is 5.04. The Morgan fingerprint density at radius 2 is 1.21 bits per heavy atom. The molecule has 0 radical (unpaired) electrons. The highest BCUT2D eigenvalue weighted by molar-refractivity contribution is 6.30. The lowest BCUT2D eigenvalue weighted by Gasteiger charge is -2.31. The highest BCUT2D eigenvalue weighted by atomic mass is 35.5. The summed E-state index contributed by atoms with van der Waals surface area (Å²) in [7, 11) is 0. The van der Waals surface area contributed by atoms with Gasteiger partial charge in [-0.05, 0) is 12.8 Å². The number of halogens is 2. The van der Waals surface area contributed by atoms with Crippen molar-refractivity contribution in [3.05, 3.63) is 0 Å². The van der Waals surface area contributed by atoms with Crippen LogP contribution in [0.3, 0.4) is 0 Å². The van der Waals surface area contributed by atoms with Crippen LogP contribution in [0, 0.1) is 11.8 Å². The van der Waals surface area contributed by atoms with Crippen molar-refractivity contribution < 1.29 is 19.8 Å². The fraction of sp³-hybridized carbons (Fsp3) is 0.750. The lowest BCUT2D eigenvalue weighted by atomic mass is 9.79. The molecule has 0 amide bonds. The summed E-state index contributed by atoms with van der Waals surface area (Å²) in [4.78, 5) is 21.5. The van der Waals surface area contributed by atoms with Gasteiger partial charge in [0.2, 0.25) is 0 Å². The Morgan fingerprint density at radius 1 is 0.929 bits per heavy atom. The van der Waals surface area contributed by atoms with Gasteiger partial charge in [-0.1, -0.05) is 0 Å². The van der Waals surface area contributed by atoms with E-state index in [4.69, 9.17) is 33.4 Å². The van der Waals surface area contributed by atoms with Gasteiger partial charge in [-0.15, -0.1) is 23.2 Å². The molecular weight excluding hydrogens is 231 g/mol. The molecule has 1 aliphatic carbocycles. The van der Waals surface area contributed by atoms with E-state index in [0.29, 0.717) is 0 Å². The topological polar surface area (TPSA) is 74.6 Å². The fourth-order valence-electron chi connectivity index (χ4n) is 1.65. The molecule has 0 bridgehead atoms. The molecule has 0 saturated heterocycles. The zero-order chi connectivity index (χ0) is 10.9. The van der Waals surface area contributed by atoms with Crippen molar-refractivity contribution in [2.45, 2.75) is 23.6 Å². The number of carbonyl (C=O) groups is 2. The Labute approximate surface area is 90.8 Å². The average molecular weight is 241 g/mol. The zero-order valence-corrected chi connectivity index (χ0v) is 8.70. The molecule has 4 unspecified atom stereocenters. The Kier molecular flexibility index (Phi) is 3.61. The van der Waals surface area contributed by atoms with Crippen LogP contribution in [0.1, 0.15) is 12.8 Å². The minimum Gasteiger partial charge on any atom is -0.481 e. The highest BCUT2D eigenvalue weighted by Gasteiger charge is 2.42. The molecule has 4 nitrogen and oxygen atoms in total. The first-order valence-electron chi connectivity index (χ1n) is 4.17. The summed E-state index contributed by atoms with van der Waals surface area (Å²) in [6, 6.07) is 0. The van der Waals surface area contributed by atoms with Gasteiger partial charge in [0, 0.05) is 0 Å². The van der Waals surface area contributed by atoms with Gasteiger partial charge in [0.15, 0.2) is 0 Å². The molecule has 2 N–H and O–H groups in total. The molecule has 0 aromatic heterocycles. The van der Waals surface area contributed by atoms with Gasteiger partial charge in [-0.3, -0.25) is 9.59 Å². The number of aliphatic carboxylic acids is 2. The van der Waals surface area contributed by atoms with E-state index in [2.05, 4.69) is 0 Å². The number of hydrogen-bond acceptors (Lipinski definition) is 2. The number of alkyl halides is 2. The van der Waals surface area contributed by atoms with Crippen LogP contribution in [0.2, 0.25) is 0 Å². The molecule has 1 fully saturated rings. The van der Waals surface area contributed by atoms with Crippen molar-refractivity contribution in [2.24, 2.45) is 11.8 Å². The standard InChI is InChI=1S/C8H10Cl2O4/c9-5-1-3(7(11)12)4(8(13)14)2-6(5)10/h3-6H,1-2H2,(H,11,12)(H,13,14). The Balaban J connectivity index is 2.80. The third kappa shape index (κ3) is 2.30. The van der Waals surface area contributed by atoms with Crippen molar-refractivity contribution in [1.29, 1.82) is 0 Å². The maximum Gasteiger partial charge on any atom is 0.307 e. The Morgan fingerprint density at radius 3 is 1.43 bits per heavy atom. The third-order valence-corrected chi connectivity index (χ3v) is 3.56. The maximum atomic E-state index is 10.8. The van der Waals surface area contributed by atoms with Crippen molar-refractivity contribution in [3.8, 4) is 0 Å². The molecule has 0 heterocycles. The van der Waals surface area contributed by atoms with Gasteiger partial charge in [0.25, 0.3) is 0 Å². The Hall–Kier alpha value is -0.480. The molecule has 1 saturated carbocycles. The summed E-state index contributed by atoms with van der Waals surface area (Å²) < 4.78 is 0. The van der Waals surface area contributed by atoms with E-state index >= 15 is 0 Å². The van der Waals surface area contributed by atoms with Crippen LogP contribution in [0.5, 0.6) is 0 Å². The van der Waals surface area contributed by atoms with E-state index in [1.54, 1.807) is 0 Å². The van der Waals surface area contributed by atoms with Crippen LogP contribution < -0.4 is 0 Å². The third-order valence-electron chi connectivity index (χ3n) is 2.47. The summed E-state index contributed by atoms with van der Waals surface area (Å²) in [5.41, 5.74) is 0. The number of carboxylic acid groups (broad SMARTS) is 2. The molecule has 14 heavy (non-hydrogen) atoms. The summed E-state index contributed by atoms with van der Waals surface area (Å²) >= 11 is 11.6. The zero-order valence-electron chi connectivity index (χ0n) is 7.19. The second kappa shape index (κ2) is 4.36. The lowest BCUT2D eigenvalue weighted by Crippen LogP contribution is -2.40. The van der Waals surface area contributed by atoms with Crippen molar-refractivity contribution >= 4 is 35.1 Å². The molecule has 1 rings (SSSR count). The van der Waals surface area contributed by atoms with Crippen LogP contribution in [-0.2, 0) is 9.59 Å². The van der Waals surface area contributed by atoms with Crippen LogP contribution >= 0.6 is 23.2 Å². The van der Waals surface area contributed by atoms with E-state index in [-0.39, 0.29) is 12.8 Å². The monoisotopic (exact) mass is 240 g/mol. The molecule has 0 aliphatic heterocycles. The van der Waals surface area contributed by atoms with E-state index in [9.17, 15) is 9.59 Å². The quantitative estimate of drug-likeness (QED) is 0.716. The fourth-order valence-corrected chi connectivity index (χ4v) is 2.24.